The maximum Gasteiger partial charge on any atom is 0.265 e. The number of para-hydroxylation sites is 2. The van der Waals surface area contributed by atoms with Crippen LogP contribution >= 0.6 is 0 Å². The van der Waals surface area contributed by atoms with Crippen molar-refractivity contribution in [1.82, 2.24) is 4.90 Å². The summed E-state index contributed by atoms with van der Waals surface area (Å²) in [5.74, 6) is -0.501. The Hall–Kier alpha value is -3.35. The van der Waals surface area contributed by atoms with Crippen LogP contribution in [-0.2, 0) is 16.1 Å². The van der Waals surface area contributed by atoms with Gasteiger partial charge in [0.1, 0.15) is 6.04 Å². The lowest BCUT2D eigenvalue weighted by Crippen LogP contribution is -2.44. The minimum atomic E-state index is -0.697. The number of benzene rings is 2. The second kappa shape index (κ2) is 6.42. The highest BCUT2D eigenvalue weighted by molar-refractivity contribution is 6.06. The third-order valence-corrected chi connectivity index (χ3v) is 4.89. The van der Waals surface area contributed by atoms with Crippen molar-refractivity contribution in [2.75, 3.05) is 10.6 Å². The van der Waals surface area contributed by atoms with Crippen LogP contribution in [0.5, 0.6) is 5.75 Å². The molecule has 0 bridgehead atoms. The highest BCUT2D eigenvalue weighted by Gasteiger charge is 2.34. The third-order valence-electron chi connectivity index (χ3n) is 4.89. The van der Waals surface area contributed by atoms with E-state index >= 15 is 0 Å². The quantitative estimate of drug-likeness (QED) is 0.812. The molecule has 2 heterocycles. The van der Waals surface area contributed by atoms with E-state index in [4.69, 9.17) is 4.74 Å². The highest BCUT2D eigenvalue weighted by atomic mass is 16.5. The number of nitrogens with one attached hydrogen (secondary N) is 2. The van der Waals surface area contributed by atoms with Gasteiger partial charge in [-0.3, -0.25) is 14.4 Å². The number of nitrogens with zero attached hydrogens (tertiary/aromatic N) is 1. The molecule has 0 spiro atoms. The molecule has 2 N–H and O–H groups in total. The van der Waals surface area contributed by atoms with Gasteiger partial charge in [-0.15, -0.1) is 0 Å². The number of anilines is 2. The number of rotatable bonds is 1. The zero-order valence-corrected chi connectivity index (χ0v) is 15.0. The molecule has 0 radical (unpaired) electrons. The first kappa shape index (κ1) is 17.1. The summed E-state index contributed by atoms with van der Waals surface area (Å²) >= 11 is 0. The summed E-state index contributed by atoms with van der Waals surface area (Å²) < 4.78 is 5.69. The normalized spacial score (nSPS) is 21.2. The predicted octanol–water partition coefficient (Wildman–Crippen LogP) is 2.39. The summed E-state index contributed by atoms with van der Waals surface area (Å²) in [5, 5.41) is 5.60. The summed E-state index contributed by atoms with van der Waals surface area (Å²) in [6, 6.07) is 11.8. The van der Waals surface area contributed by atoms with Crippen LogP contribution in [-0.4, -0.2) is 34.8 Å². The van der Waals surface area contributed by atoms with Crippen LogP contribution in [0.1, 0.15) is 29.8 Å². The molecule has 138 valence electrons. The number of amides is 3. The average Bonchev–Trinajstić information content (AvgIpc) is 2.78. The van der Waals surface area contributed by atoms with Gasteiger partial charge in [0.25, 0.3) is 11.8 Å². The van der Waals surface area contributed by atoms with Crippen molar-refractivity contribution >= 4 is 29.1 Å². The van der Waals surface area contributed by atoms with Crippen molar-refractivity contribution < 1.29 is 19.1 Å². The molecular weight excluding hydrogens is 346 g/mol. The highest BCUT2D eigenvalue weighted by Crippen LogP contribution is 2.35. The second-order valence-corrected chi connectivity index (χ2v) is 6.69. The molecule has 2 unspecified atom stereocenters. The molecule has 0 saturated carbocycles. The molecule has 2 atom stereocenters. The first-order valence-electron chi connectivity index (χ1n) is 8.76. The van der Waals surface area contributed by atoms with E-state index in [1.165, 1.54) is 4.90 Å². The van der Waals surface area contributed by atoms with Crippen molar-refractivity contribution in [3.63, 3.8) is 0 Å². The van der Waals surface area contributed by atoms with Crippen LogP contribution in [0.4, 0.5) is 11.4 Å². The number of carbonyl (C=O) groups excluding carboxylic acids is 3. The van der Waals surface area contributed by atoms with Crippen molar-refractivity contribution in [1.29, 1.82) is 0 Å². The van der Waals surface area contributed by atoms with E-state index in [0.717, 1.165) is 5.56 Å². The van der Waals surface area contributed by atoms with Gasteiger partial charge in [-0.2, -0.15) is 0 Å². The van der Waals surface area contributed by atoms with Crippen molar-refractivity contribution in [2.45, 2.75) is 32.5 Å². The first-order chi connectivity index (χ1) is 13.0. The minimum Gasteiger partial charge on any atom is -0.478 e. The second-order valence-electron chi connectivity index (χ2n) is 6.69. The zero-order valence-electron chi connectivity index (χ0n) is 15.0. The van der Waals surface area contributed by atoms with Gasteiger partial charge in [0.2, 0.25) is 5.91 Å². The van der Waals surface area contributed by atoms with Crippen molar-refractivity contribution in [2.24, 2.45) is 0 Å². The van der Waals surface area contributed by atoms with E-state index in [1.807, 2.05) is 24.3 Å². The van der Waals surface area contributed by atoms with Gasteiger partial charge < -0.3 is 20.3 Å². The van der Waals surface area contributed by atoms with Gasteiger partial charge in [-0.05, 0) is 37.6 Å². The Morgan fingerprint density at radius 3 is 2.52 bits per heavy atom. The van der Waals surface area contributed by atoms with Crippen LogP contribution < -0.4 is 15.4 Å². The topological polar surface area (TPSA) is 87.7 Å². The Morgan fingerprint density at radius 1 is 1.00 bits per heavy atom. The van der Waals surface area contributed by atoms with E-state index in [0.29, 0.717) is 29.2 Å². The van der Waals surface area contributed by atoms with Gasteiger partial charge in [-0.25, -0.2) is 0 Å². The Labute approximate surface area is 156 Å². The maximum absolute atomic E-state index is 13.3. The van der Waals surface area contributed by atoms with Crippen LogP contribution in [0.15, 0.2) is 42.5 Å². The SMILES string of the molecule is CC1Oc2c(cccc2C(=O)N2Cc3ccccc3NC(=O)C2C)NC1=O. The number of hydrogen-bond acceptors (Lipinski definition) is 4. The summed E-state index contributed by atoms with van der Waals surface area (Å²) in [7, 11) is 0. The smallest absolute Gasteiger partial charge is 0.265 e. The maximum atomic E-state index is 13.3. The molecule has 2 aliphatic heterocycles. The molecule has 4 rings (SSSR count). The van der Waals surface area contributed by atoms with E-state index in [9.17, 15) is 14.4 Å². The number of carbonyl (C=O) groups is 3. The van der Waals surface area contributed by atoms with Gasteiger partial charge in [0.15, 0.2) is 11.9 Å². The summed E-state index contributed by atoms with van der Waals surface area (Å²) in [6.45, 7) is 3.61. The Kier molecular flexibility index (Phi) is 4.07. The molecule has 0 aromatic heterocycles. The Bertz CT molecular complexity index is 956. The molecule has 0 fully saturated rings. The molecule has 7 nitrogen and oxygen atoms in total. The number of fused-ring (bicyclic) bond motifs is 2. The molecule has 7 heteroatoms. The Balaban J connectivity index is 1.74. The van der Waals surface area contributed by atoms with Gasteiger partial charge in [-0.1, -0.05) is 24.3 Å². The lowest BCUT2D eigenvalue weighted by atomic mass is 10.1. The lowest BCUT2D eigenvalue weighted by molar-refractivity contribution is -0.122. The van der Waals surface area contributed by atoms with Crippen LogP contribution in [0.2, 0.25) is 0 Å². The van der Waals surface area contributed by atoms with Crippen LogP contribution in [0, 0.1) is 0 Å². The third kappa shape index (κ3) is 2.91. The van der Waals surface area contributed by atoms with Crippen molar-refractivity contribution in [3.8, 4) is 5.75 Å². The molecule has 2 aromatic carbocycles. The number of hydrogen-bond donors (Lipinski definition) is 2. The molecular formula is C20H19N3O4. The van der Waals surface area contributed by atoms with Gasteiger partial charge >= 0.3 is 0 Å². The van der Waals surface area contributed by atoms with Gasteiger partial charge in [0.05, 0.1) is 11.3 Å². The molecule has 0 saturated heterocycles. The summed E-state index contributed by atoms with van der Waals surface area (Å²) in [5.41, 5.74) is 2.34. The van der Waals surface area contributed by atoms with E-state index in [-0.39, 0.29) is 17.7 Å². The molecule has 2 aliphatic rings. The monoisotopic (exact) mass is 365 g/mol. The van der Waals surface area contributed by atoms with E-state index in [2.05, 4.69) is 10.6 Å². The first-order valence-corrected chi connectivity index (χ1v) is 8.76. The van der Waals surface area contributed by atoms with E-state index in [1.54, 1.807) is 32.0 Å². The largest absolute Gasteiger partial charge is 0.478 e. The fourth-order valence-electron chi connectivity index (χ4n) is 3.28. The predicted molar refractivity (Wildman–Crippen MR) is 99.6 cm³/mol. The van der Waals surface area contributed by atoms with Crippen LogP contribution in [0.25, 0.3) is 0 Å². The molecule has 3 amide bonds. The number of ether oxygens (including phenoxy) is 1. The Morgan fingerprint density at radius 2 is 1.70 bits per heavy atom. The molecule has 2 aromatic rings. The molecule has 0 aliphatic carbocycles. The molecule has 27 heavy (non-hydrogen) atoms. The fourth-order valence-corrected chi connectivity index (χ4v) is 3.28. The van der Waals surface area contributed by atoms with Crippen molar-refractivity contribution in [3.05, 3.63) is 53.6 Å². The van der Waals surface area contributed by atoms with Crippen LogP contribution in [0.3, 0.4) is 0 Å². The average molecular weight is 365 g/mol. The zero-order chi connectivity index (χ0) is 19.1. The lowest BCUT2D eigenvalue weighted by Gasteiger charge is -2.29. The summed E-state index contributed by atoms with van der Waals surface area (Å²) in [6.07, 6.45) is -0.697. The van der Waals surface area contributed by atoms with Gasteiger partial charge in [0, 0.05) is 12.2 Å². The minimum absolute atomic E-state index is 0.249. The fraction of sp³-hybridized carbons (Fsp3) is 0.250. The summed E-state index contributed by atoms with van der Waals surface area (Å²) in [4.78, 5) is 39.2. The standard InChI is InChI=1S/C20H19N3O4/c1-11-18(24)21-15-8-4-3-6-13(15)10-23(11)20(26)14-7-5-9-16-17(14)27-12(2)19(25)22-16/h3-9,11-12H,10H2,1-2H3,(H,21,24)(H,22,25). The van der Waals surface area contributed by atoms with E-state index < -0.39 is 12.1 Å².